The number of aromatic nitrogens is 4. The molecule has 0 radical (unpaired) electrons. The first-order chi connectivity index (χ1) is 12.5. The standard InChI is InChI=1S/C17H21N5O4/c1-3-4-10-22-13-14(18-16(22)21-8-6-5-7-9-21)19-17(20(2)15(13)25)26-11-12(23)24/h5-11H2,1-2H3,(H,23,24). The van der Waals surface area contributed by atoms with E-state index < -0.39 is 12.6 Å². The summed E-state index contributed by atoms with van der Waals surface area (Å²) >= 11 is 0. The van der Waals surface area contributed by atoms with Gasteiger partial charge in [-0.15, -0.1) is 5.92 Å². The molecule has 26 heavy (non-hydrogen) atoms. The molecule has 3 heterocycles. The SMILES string of the molecule is CC#CCn1c(N2CCCCC2)nc2nc(OCC(=O)O)n(C)c(=O)c21. The summed E-state index contributed by atoms with van der Waals surface area (Å²) in [6.07, 6.45) is 3.32. The fraction of sp³-hybridized carbons (Fsp3) is 0.529. The van der Waals surface area contributed by atoms with Gasteiger partial charge < -0.3 is 14.7 Å². The van der Waals surface area contributed by atoms with Gasteiger partial charge in [0.25, 0.3) is 5.56 Å². The van der Waals surface area contributed by atoms with E-state index in [1.54, 1.807) is 11.5 Å². The molecule has 2 aromatic rings. The fourth-order valence-electron chi connectivity index (χ4n) is 3.03. The predicted octanol–water partition coefficient (Wildman–Crippen LogP) is 0.607. The average Bonchev–Trinajstić information content (AvgIpc) is 3.00. The summed E-state index contributed by atoms with van der Waals surface area (Å²) in [4.78, 5) is 34.5. The molecule has 0 aliphatic carbocycles. The molecule has 2 aromatic heterocycles. The molecule has 1 aliphatic heterocycles. The molecule has 9 heteroatoms. The van der Waals surface area contributed by atoms with Gasteiger partial charge in [0, 0.05) is 20.1 Å². The van der Waals surface area contributed by atoms with E-state index in [9.17, 15) is 9.59 Å². The van der Waals surface area contributed by atoms with Crippen molar-refractivity contribution in [2.45, 2.75) is 32.7 Å². The number of carboxylic acids is 1. The third-order valence-electron chi connectivity index (χ3n) is 4.30. The zero-order valence-corrected chi connectivity index (χ0v) is 14.9. The Morgan fingerprint density at radius 3 is 2.65 bits per heavy atom. The molecule has 3 rings (SSSR count). The maximum Gasteiger partial charge on any atom is 0.341 e. The lowest BCUT2D eigenvalue weighted by Crippen LogP contribution is -2.32. The van der Waals surface area contributed by atoms with E-state index in [1.165, 1.54) is 18.0 Å². The predicted molar refractivity (Wildman–Crippen MR) is 95.4 cm³/mol. The maximum atomic E-state index is 12.8. The molecule has 0 saturated carbocycles. The zero-order chi connectivity index (χ0) is 18.7. The van der Waals surface area contributed by atoms with Gasteiger partial charge in [-0.25, -0.2) is 4.79 Å². The molecule has 0 unspecified atom stereocenters. The van der Waals surface area contributed by atoms with Gasteiger partial charge in [0.15, 0.2) is 17.8 Å². The number of fused-ring (bicyclic) bond motifs is 1. The molecule has 1 fully saturated rings. The number of rotatable bonds is 5. The minimum Gasteiger partial charge on any atom is -0.479 e. The Morgan fingerprint density at radius 2 is 2.00 bits per heavy atom. The van der Waals surface area contributed by atoms with Crippen LogP contribution in [0.4, 0.5) is 5.95 Å². The third-order valence-corrected chi connectivity index (χ3v) is 4.30. The lowest BCUT2D eigenvalue weighted by Gasteiger charge is -2.27. The lowest BCUT2D eigenvalue weighted by atomic mass is 10.1. The van der Waals surface area contributed by atoms with Crippen molar-refractivity contribution in [3.05, 3.63) is 10.4 Å². The molecule has 138 valence electrons. The second kappa shape index (κ2) is 7.47. The van der Waals surface area contributed by atoms with Gasteiger partial charge in [-0.1, -0.05) is 5.92 Å². The van der Waals surface area contributed by atoms with Gasteiger partial charge in [-0.05, 0) is 26.2 Å². The highest BCUT2D eigenvalue weighted by Gasteiger charge is 2.23. The highest BCUT2D eigenvalue weighted by Crippen LogP contribution is 2.23. The number of carboxylic acid groups (broad SMARTS) is 1. The molecule has 0 amide bonds. The molecule has 1 N–H and O–H groups in total. The van der Waals surface area contributed by atoms with Gasteiger partial charge in [0.1, 0.15) is 0 Å². The molecule has 0 spiro atoms. The van der Waals surface area contributed by atoms with E-state index in [0.717, 1.165) is 25.9 Å². The third kappa shape index (κ3) is 3.35. The number of aliphatic carboxylic acids is 1. The normalized spacial score (nSPS) is 14.2. The topological polar surface area (TPSA) is 102 Å². The summed E-state index contributed by atoms with van der Waals surface area (Å²) < 4.78 is 8.11. The van der Waals surface area contributed by atoms with Crippen LogP contribution >= 0.6 is 0 Å². The van der Waals surface area contributed by atoms with Crippen LogP contribution in [0.3, 0.4) is 0 Å². The Morgan fingerprint density at radius 1 is 1.27 bits per heavy atom. The Bertz CT molecular complexity index is 944. The van der Waals surface area contributed by atoms with E-state index in [0.29, 0.717) is 18.0 Å². The first-order valence-corrected chi connectivity index (χ1v) is 8.49. The minimum atomic E-state index is -1.14. The van der Waals surface area contributed by atoms with Crippen LogP contribution in [0, 0.1) is 11.8 Å². The van der Waals surface area contributed by atoms with Crippen molar-refractivity contribution < 1.29 is 14.6 Å². The quantitative estimate of drug-likeness (QED) is 0.780. The number of hydrogen-bond acceptors (Lipinski definition) is 6. The van der Waals surface area contributed by atoms with E-state index in [2.05, 4.69) is 26.7 Å². The van der Waals surface area contributed by atoms with Crippen LogP contribution in [-0.2, 0) is 18.4 Å². The first kappa shape index (κ1) is 17.8. The lowest BCUT2D eigenvalue weighted by molar-refractivity contribution is -0.139. The van der Waals surface area contributed by atoms with Crippen molar-refractivity contribution in [2.75, 3.05) is 24.6 Å². The largest absolute Gasteiger partial charge is 0.479 e. The summed E-state index contributed by atoms with van der Waals surface area (Å²) in [6.45, 7) is 3.24. The molecular weight excluding hydrogens is 338 g/mol. The first-order valence-electron chi connectivity index (χ1n) is 8.49. The van der Waals surface area contributed by atoms with Crippen LogP contribution in [0.25, 0.3) is 11.2 Å². The number of anilines is 1. The zero-order valence-electron chi connectivity index (χ0n) is 14.9. The van der Waals surface area contributed by atoms with Crippen LogP contribution in [0.1, 0.15) is 26.2 Å². The Hall–Kier alpha value is -3.02. The fourth-order valence-corrected chi connectivity index (χ4v) is 3.03. The number of carbonyl (C=O) groups is 1. The van der Waals surface area contributed by atoms with Crippen molar-refractivity contribution >= 4 is 23.1 Å². The molecule has 1 aliphatic rings. The van der Waals surface area contributed by atoms with Crippen LogP contribution in [0.5, 0.6) is 6.01 Å². The van der Waals surface area contributed by atoms with Crippen molar-refractivity contribution in [2.24, 2.45) is 7.05 Å². The monoisotopic (exact) mass is 359 g/mol. The average molecular weight is 359 g/mol. The number of hydrogen-bond donors (Lipinski definition) is 1. The van der Waals surface area contributed by atoms with E-state index in [1.807, 2.05) is 0 Å². The molecular formula is C17H21N5O4. The smallest absolute Gasteiger partial charge is 0.341 e. The minimum absolute atomic E-state index is 0.0682. The van der Waals surface area contributed by atoms with Gasteiger partial charge in [-0.2, -0.15) is 9.97 Å². The number of piperidine rings is 1. The van der Waals surface area contributed by atoms with Gasteiger partial charge in [0.2, 0.25) is 5.95 Å². The van der Waals surface area contributed by atoms with Crippen LogP contribution in [0.15, 0.2) is 4.79 Å². The summed E-state index contributed by atoms with van der Waals surface area (Å²) in [6, 6.07) is -0.0682. The highest BCUT2D eigenvalue weighted by atomic mass is 16.5. The van der Waals surface area contributed by atoms with Crippen molar-refractivity contribution in [3.8, 4) is 17.9 Å². The van der Waals surface area contributed by atoms with E-state index >= 15 is 0 Å². The summed E-state index contributed by atoms with van der Waals surface area (Å²) in [5.41, 5.74) is 0.245. The maximum absolute atomic E-state index is 12.8. The van der Waals surface area contributed by atoms with Crippen molar-refractivity contribution in [3.63, 3.8) is 0 Å². The Kier molecular flexibility index (Phi) is 5.11. The highest BCUT2D eigenvalue weighted by molar-refractivity contribution is 5.75. The summed E-state index contributed by atoms with van der Waals surface area (Å²) in [5, 5.41) is 8.78. The molecule has 0 bridgehead atoms. The van der Waals surface area contributed by atoms with E-state index in [4.69, 9.17) is 9.84 Å². The molecule has 9 nitrogen and oxygen atoms in total. The van der Waals surface area contributed by atoms with Gasteiger partial charge in [0.05, 0.1) is 6.54 Å². The van der Waals surface area contributed by atoms with Crippen LogP contribution in [-0.4, -0.2) is 49.9 Å². The second-order valence-corrected chi connectivity index (χ2v) is 6.09. The van der Waals surface area contributed by atoms with Crippen molar-refractivity contribution in [1.82, 2.24) is 19.1 Å². The summed E-state index contributed by atoms with van der Waals surface area (Å²) in [7, 11) is 1.50. The van der Waals surface area contributed by atoms with Gasteiger partial charge in [-0.3, -0.25) is 13.9 Å². The van der Waals surface area contributed by atoms with E-state index in [-0.39, 0.29) is 17.2 Å². The molecule has 0 aromatic carbocycles. The summed E-state index contributed by atoms with van der Waals surface area (Å²) in [5.74, 6) is 5.36. The van der Waals surface area contributed by atoms with Crippen molar-refractivity contribution in [1.29, 1.82) is 0 Å². The Balaban J connectivity index is 2.14. The van der Waals surface area contributed by atoms with Gasteiger partial charge >= 0.3 is 12.0 Å². The second-order valence-electron chi connectivity index (χ2n) is 6.09. The Labute approximate surface area is 150 Å². The van der Waals surface area contributed by atoms with Crippen LogP contribution in [0.2, 0.25) is 0 Å². The number of nitrogens with zero attached hydrogens (tertiary/aromatic N) is 5. The van der Waals surface area contributed by atoms with Crippen LogP contribution < -0.4 is 15.2 Å². The molecule has 1 saturated heterocycles. The molecule has 0 atom stereocenters. The number of ether oxygens (including phenoxy) is 1. The number of imidazole rings is 1.